The molecule has 119 heavy (non-hydrogen) atoms. The van der Waals surface area contributed by atoms with E-state index >= 15 is 0 Å². The number of esters is 14. The van der Waals surface area contributed by atoms with Gasteiger partial charge in [-0.1, -0.05) is 0 Å². The third-order valence-corrected chi connectivity index (χ3v) is 24.2. The zero-order valence-electron chi connectivity index (χ0n) is 75.1. The van der Waals surface area contributed by atoms with E-state index in [0.717, 1.165) is 92.4 Å². The quantitative estimate of drug-likeness (QED) is 0.0180. The topological polar surface area (TPSA) is 455 Å². The zero-order chi connectivity index (χ0) is 92.4. The normalized spacial score (nSPS) is 18.1. The molecule has 0 saturated carbocycles. The molecule has 0 spiro atoms. The van der Waals surface area contributed by atoms with Crippen LogP contribution >= 0.6 is 23.5 Å². The smallest absolute Gasteiger partial charge is 0.312 e. The van der Waals surface area contributed by atoms with Crippen LogP contribution < -0.4 is 0 Å². The van der Waals surface area contributed by atoms with Gasteiger partial charge < -0.3 is 85.4 Å². The summed E-state index contributed by atoms with van der Waals surface area (Å²) in [5.74, 6) is -11.8. The Morgan fingerprint density at radius 1 is 0.269 bits per heavy atom. The molecular weight excluding hydrogens is 1680 g/mol. The van der Waals surface area contributed by atoms with E-state index < -0.39 is 236 Å². The monoisotopic (exact) mass is 1810 g/mol. The molecule has 37 heteroatoms. The van der Waals surface area contributed by atoms with Gasteiger partial charge in [-0.05, 0) is 199 Å². The second kappa shape index (κ2) is 49.7. The van der Waals surface area contributed by atoms with Crippen LogP contribution in [-0.4, -0.2) is 244 Å². The molecule has 0 amide bonds. The van der Waals surface area contributed by atoms with Crippen molar-refractivity contribution in [3.63, 3.8) is 0 Å². The summed E-state index contributed by atoms with van der Waals surface area (Å²) in [6.45, 7) is 21.9. The molecule has 14 unspecified atom stereocenters. The molecule has 0 bridgehead atoms. The van der Waals surface area contributed by atoms with Crippen LogP contribution in [0.1, 0.15) is 200 Å². The number of hydrogen-bond donors (Lipinski definition) is 0. The van der Waals surface area contributed by atoms with Gasteiger partial charge in [0.25, 0.3) is 12.9 Å². The number of rotatable bonds is 55. The Bertz CT molecular complexity index is 3500. The summed E-state index contributed by atoms with van der Waals surface area (Å²) in [4.78, 5) is 243. The Kier molecular flexibility index (Phi) is 48.4. The standard InChI is InChI=1S/C74H119O29S.C8H11O5S.Y/c1-61(2,47(76)90-16)33-62(3,48(77)91-17)34-63(4,49(78)92-18)35-64(5,50(79)93-19)36-65(6,51(80)94-20)37-66(7,52(81)95-21)38-67(8,53(82)96-22)39-68(9,54(83)97-23)40-69(10,55(84)98-24)41-70(11,56(85)99-25)42-71(12,57(86)100-26)43-72(13,58(87)101-27)44-73(14,59(88)102-28)45-74(15,60(89)103-29)46-104-32-30-31-75;9-2-1-3-14-5-8(13-7-11)4-12-6-10;/h30,32-46H2,1-29H3;6-8H,1,3-5H2;/q2*-1;. The van der Waals surface area contributed by atoms with Crippen molar-refractivity contribution >= 4 is 133 Å². The summed E-state index contributed by atoms with van der Waals surface area (Å²) in [5.41, 5.74) is -26.4. The van der Waals surface area contributed by atoms with E-state index in [1.54, 1.807) is 19.5 Å². The summed E-state index contributed by atoms with van der Waals surface area (Å²) in [5, 5.41) is 0. The van der Waals surface area contributed by atoms with Gasteiger partial charge in [-0.2, -0.15) is 23.5 Å². The summed E-state index contributed by atoms with van der Waals surface area (Å²) < 4.78 is 84.2. The summed E-state index contributed by atoms with van der Waals surface area (Å²) in [7, 11) is 15.0. The maximum atomic E-state index is 14.9. The Hall–Kier alpha value is -7.34. The first kappa shape index (κ1) is 116. The molecule has 34 nitrogen and oxygen atoms in total. The van der Waals surface area contributed by atoms with Gasteiger partial charge in [-0.15, -0.1) is 12.8 Å². The number of ether oxygens (including phenoxy) is 16. The minimum Gasteiger partial charge on any atom is -0.542 e. The summed E-state index contributed by atoms with van der Waals surface area (Å²) in [6.07, 6.45) is -3.61. The number of hydrogen-bond acceptors (Lipinski definition) is 36. The summed E-state index contributed by atoms with van der Waals surface area (Å²) >= 11 is 2.65. The second-order valence-electron chi connectivity index (χ2n) is 34.6. The molecule has 0 rings (SSSR count). The maximum absolute atomic E-state index is 14.9. The maximum Gasteiger partial charge on any atom is 0.312 e. The van der Waals surface area contributed by atoms with Crippen LogP contribution in [-0.2, 0) is 195 Å². The van der Waals surface area contributed by atoms with Gasteiger partial charge in [0.05, 0.1) is 175 Å². The SMILES string of the molecule is COC(=O)C(C)(C)CC(C)(CC(C)(CC(C)(CC(C)(CC(C)(CC(C)(CC(C)(CC(C)(CC(C)(CC(C)(CC(C)(CC(C)(CC(C)(CSCC[C-]=O)C(=O)OC)C(=O)OC)C(=O)OC)C(=O)OC)C(=O)OC)C(=O)OC)C(=O)OC)C(=O)OC)C(=O)OC)C(=O)OC)C(=O)OC)C(=O)OC)C(=O)OC.O=[C-]CCSCC(COC=O)OC=O.[Y]. The molecule has 0 aliphatic heterocycles. The third-order valence-electron chi connectivity index (χ3n) is 21.8. The van der Waals surface area contributed by atoms with Crippen molar-refractivity contribution in [3.05, 3.63) is 0 Å². The predicted molar refractivity (Wildman–Crippen MR) is 426 cm³/mol. The van der Waals surface area contributed by atoms with Crippen LogP contribution in [0.2, 0.25) is 0 Å². The molecule has 0 N–H and O–H groups in total. The molecule has 1 radical (unpaired) electrons. The van der Waals surface area contributed by atoms with Crippen LogP contribution in [0, 0.1) is 75.8 Å². The Morgan fingerprint density at radius 2 is 0.445 bits per heavy atom. The molecule has 14 atom stereocenters. The van der Waals surface area contributed by atoms with Crippen LogP contribution in [0.3, 0.4) is 0 Å². The van der Waals surface area contributed by atoms with Gasteiger partial charge in [0.1, 0.15) is 12.7 Å². The van der Waals surface area contributed by atoms with Crippen molar-refractivity contribution in [2.75, 3.05) is 129 Å². The molecule has 0 aromatic rings. The van der Waals surface area contributed by atoms with E-state index in [-0.39, 0.29) is 70.1 Å². The molecule has 0 aliphatic carbocycles. The van der Waals surface area contributed by atoms with Crippen LogP contribution in [0.25, 0.3) is 0 Å². The van der Waals surface area contributed by atoms with Crippen LogP contribution in [0.15, 0.2) is 0 Å². The van der Waals surface area contributed by atoms with Crippen molar-refractivity contribution in [2.45, 2.75) is 206 Å². The van der Waals surface area contributed by atoms with Crippen molar-refractivity contribution < 1.29 is 195 Å². The van der Waals surface area contributed by atoms with E-state index in [9.17, 15) is 86.3 Å². The van der Waals surface area contributed by atoms with Crippen molar-refractivity contribution in [3.8, 4) is 0 Å². The van der Waals surface area contributed by atoms with E-state index in [2.05, 4.69) is 9.47 Å². The first-order valence-corrected chi connectivity index (χ1v) is 39.8. The summed E-state index contributed by atoms with van der Waals surface area (Å²) in [6, 6.07) is 0. The van der Waals surface area contributed by atoms with Crippen molar-refractivity contribution in [1.82, 2.24) is 0 Å². The number of methoxy groups -OCH3 is 14. The van der Waals surface area contributed by atoms with Gasteiger partial charge in [-0.3, -0.25) is 89.3 Å². The molecule has 0 aliphatic rings. The van der Waals surface area contributed by atoms with Crippen molar-refractivity contribution in [2.24, 2.45) is 75.8 Å². The van der Waals surface area contributed by atoms with Gasteiger partial charge in [0.2, 0.25) is 0 Å². The zero-order valence-corrected chi connectivity index (χ0v) is 79.6. The second-order valence-corrected chi connectivity index (χ2v) is 36.8. The first-order valence-electron chi connectivity index (χ1n) is 37.5. The molecule has 0 fully saturated rings. The number of thioether (sulfide) groups is 2. The minimum atomic E-state index is -2.09. The van der Waals surface area contributed by atoms with Crippen LogP contribution in [0.5, 0.6) is 0 Å². The van der Waals surface area contributed by atoms with Gasteiger partial charge in [-0.25, -0.2) is 0 Å². The molecule has 679 valence electrons. The molecule has 0 heterocycles. The number of carbonyl (C=O) groups excluding carboxylic acids is 18. The first-order chi connectivity index (χ1) is 54.3. The molecule has 0 saturated heterocycles. The average molecular weight is 1810 g/mol. The molecular formula is C82H130O34S2Y-2. The fraction of sp³-hybridized carbons (Fsp3) is 0.780. The van der Waals surface area contributed by atoms with Gasteiger partial charge in [0, 0.05) is 44.2 Å². The van der Waals surface area contributed by atoms with E-state index in [0.29, 0.717) is 30.9 Å². The van der Waals surface area contributed by atoms with E-state index in [1.807, 2.05) is 0 Å². The minimum absolute atomic E-state index is 0. The van der Waals surface area contributed by atoms with Crippen molar-refractivity contribution in [1.29, 1.82) is 0 Å². The average Bonchev–Trinajstić information content (AvgIpc) is 0.753. The van der Waals surface area contributed by atoms with Gasteiger partial charge >= 0.3 is 83.6 Å². The Balaban J connectivity index is -0.00000811. The van der Waals surface area contributed by atoms with Crippen LogP contribution in [0.4, 0.5) is 0 Å². The molecule has 0 aromatic heterocycles. The largest absolute Gasteiger partial charge is 0.542 e. The molecule has 0 aromatic carbocycles. The fourth-order valence-corrected chi connectivity index (χ4v) is 20.5. The van der Waals surface area contributed by atoms with Gasteiger partial charge in [0.15, 0.2) is 0 Å². The third kappa shape index (κ3) is 31.8. The fourth-order valence-electron chi connectivity index (χ4n) is 18.6. The van der Waals surface area contributed by atoms with E-state index in [4.69, 9.17) is 66.3 Å². The predicted octanol–water partition coefficient (Wildman–Crippen LogP) is 8.75. The Morgan fingerprint density at radius 3 is 0.622 bits per heavy atom. The van der Waals surface area contributed by atoms with E-state index in [1.165, 1.54) is 128 Å². The number of carbonyl (C=O) groups is 16. The Labute approximate surface area is 734 Å².